The van der Waals surface area contributed by atoms with Gasteiger partial charge >= 0.3 is 5.97 Å². The molecule has 4 heteroatoms. The van der Waals surface area contributed by atoms with E-state index < -0.39 is 5.79 Å². The third-order valence-corrected chi connectivity index (χ3v) is 9.34. The van der Waals surface area contributed by atoms with Gasteiger partial charge in [-0.1, -0.05) is 27.2 Å². The number of carbonyl (C=O) groups is 1. The van der Waals surface area contributed by atoms with Gasteiger partial charge in [-0.3, -0.25) is 4.79 Å². The first-order valence-corrected chi connectivity index (χ1v) is 11.3. The van der Waals surface area contributed by atoms with Crippen LogP contribution in [0.1, 0.15) is 85.0 Å². The zero-order valence-electron chi connectivity index (χ0n) is 17.6. The summed E-state index contributed by atoms with van der Waals surface area (Å²) < 4.78 is 11.8. The van der Waals surface area contributed by atoms with E-state index in [1.54, 1.807) is 0 Å². The van der Waals surface area contributed by atoms with Crippen LogP contribution >= 0.6 is 0 Å². The molecule has 0 amide bonds. The van der Waals surface area contributed by atoms with Crippen molar-refractivity contribution in [2.75, 3.05) is 7.11 Å². The molecular formula is C23H38O4. The highest BCUT2D eigenvalue weighted by atomic mass is 16.6. The summed E-state index contributed by atoms with van der Waals surface area (Å²) in [6.45, 7) is 6.84. The summed E-state index contributed by atoms with van der Waals surface area (Å²) in [6.07, 6.45) is 10.5. The molecule has 1 N–H and O–H groups in total. The molecule has 2 aliphatic heterocycles. The molecule has 0 aromatic rings. The molecule has 2 unspecified atom stereocenters. The average molecular weight is 379 g/mol. The molecule has 27 heavy (non-hydrogen) atoms. The van der Waals surface area contributed by atoms with Gasteiger partial charge in [0.05, 0.1) is 18.6 Å². The lowest BCUT2D eigenvalue weighted by Crippen LogP contribution is -2.63. The number of esters is 1. The molecule has 4 nitrogen and oxygen atoms in total. The summed E-state index contributed by atoms with van der Waals surface area (Å²) in [5, 5.41) is 11.1. The van der Waals surface area contributed by atoms with Crippen LogP contribution in [0.2, 0.25) is 0 Å². The predicted molar refractivity (Wildman–Crippen MR) is 104 cm³/mol. The molecule has 4 aliphatic rings. The van der Waals surface area contributed by atoms with E-state index in [9.17, 15) is 9.90 Å². The number of rotatable bonds is 2. The first-order chi connectivity index (χ1) is 12.8. The minimum Gasteiger partial charge on any atom is -0.469 e. The largest absolute Gasteiger partial charge is 0.469 e. The van der Waals surface area contributed by atoms with E-state index >= 15 is 0 Å². The van der Waals surface area contributed by atoms with Gasteiger partial charge in [-0.05, 0) is 74.0 Å². The van der Waals surface area contributed by atoms with Gasteiger partial charge in [0.15, 0.2) is 5.79 Å². The highest BCUT2D eigenvalue weighted by Crippen LogP contribution is 2.66. The average Bonchev–Trinajstić information content (AvgIpc) is 2.98. The van der Waals surface area contributed by atoms with E-state index in [1.165, 1.54) is 26.4 Å². The molecule has 154 valence electrons. The Labute approximate surface area is 164 Å². The molecule has 0 aromatic heterocycles. The van der Waals surface area contributed by atoms with Crippen molar-refractivity contribution in [3.63, 3.8) is 0 Å². The lowest BCUT2D eigenvalue weighted by molar-refractivity contribution is -0.345. The Hall–Kier alpha value is -0.610. The second-order valence-corrected chi connectivity index (χ2v) is 10.4. The quantitative estimate of drug-likeness (QED) is 0.709. The van der Waals surface area contributed by atoms with Gasteiger partial charge < -0.3 is 14.6 Å². The zero-order valence-corrected chi connectivity index (χ0v) is 17.6. The topological polar surface area (TPSA) is 55.8 Å². The molecule has 2 saturated carbocycles. The number of ether oxygens (including phenoxy) is 2. The Morgan fingerprint density at radius 3 is 2.59 bits per heavy atom. The highest BCUT2D eigenvalue weighted by Gasteiger charge is 2.64. The van der Waals surface area contributed by atoms with Crippen molar-refractivity contribution in [3.05, 3.63) is 0 Å². The highest BCUT2D eigenvalue weighted by molar-refractivity contribution is 5.72. The van der Waals surface area contributed by atoms with Crippen LogP contribution in [0, 0.1) is 35.0 Å². The maximum atomic E-state index is 12.3. The van der Waals surface area contributed by atoms with E-state index in [1.807, 2.05) is 0 Å². The maximum Gasteiger partial charge on any atom is 0.308 e. The Morgan fingerprint density at radius 2 is 1.85 bits per heavy atom. The first kappa shape index (κ1) is 19.7. The molecule has 0 radical (unpaired) electrons. The molecule has 2 aliphatic carbocycles. The van der Waals surface area contributed by atoms with E-state index in [4.69, 9.17) is 9.47 Å². The standard InChI is InChI=1S/C23H38O4/c1-15-10-12-22(25)11-6-5-7-19-18-9-8-17(16(2)20(24)26-4)21(18,3)13-14-23(15,19)27-22/h15-19,25H,5-14H2,1-4H3/t15-,16-,17+,18?,19?,21+,22-,23-/m0/s1. The molecule has 8 atom stereocenters. The third kappa shape index (κ3) is 2.88. The molecule has 2 heterocycles. The normalized spacial score (nSPS) is 50.7. The second-order valence-electron chi connectivity index (χ2n) is 10.4. The van der Waals surface area contributed by atoms with Crippen molar-refractivity contribution in [2.45, 2.75) is 96.4 Å². The number of hydrogen-bond donors (Lipinski definition) is 1. The van der Waals surface area contributed by atoms with Crippen LogP contribution in [0.4, 0.5) is 0 Å². The van der Waals surface area contributed by atoms with Crippen molar-refractivity contribution in [1.29, 1.82) is 0 Å². The Kier molecular flexibility index (Phi) is 4.91. The van der Waals surface area contributed by atoms with Crippen molar-refractivity contribution < 1.29 is 19.4 Å². The molecule has 2 saturated heterocycles. The van der Waals surface area contributed by atoms with E-state index in [0.29, 0.717) is 23.7 Å². The van der Waals surface area contributed by atoms with Crippen LogP contribution in [0.15, 0.2) is 0 Å². The van der Waals surface area contributed by atoms with Gasteiger partial charge in [0.25, 0.3) is 0 Å². The van der Waals surface area contributed by atoms with Crippen LogP contribution in [0.5, 0.6) is 0 Å². The fourth-order valence-corrected chi connectivity index (χ4v) is 7.80. The van der Waals surface area contributed by atoms with E-state index in [-0.39, 0.29) is 22.9 Å². The summed E-state index contributed by atoms with van der Waals surface area (Å²) >= 11 is 0. The van der Waals surface area contributed by atoms with E-state index in [2.05, 4.69) is 20.8 Å². The summed E-state index contributed by atoms with van der Waals surface area (Å²) in [6, 6.07) is 0. The van der Waals surface area contributed by atoms with Gasteiger partial charge in [0, 0.05) is 12.8 Å². The van der Waals surface area contributed by atoms with Crippen LogP contribution < -0.4 is 0 Å². The summed E-state index contributed by atoms with van der Waals surface area (Å²) in [5.41, 5.74) is 0.0162. The van der Waals surface area contributed by atoms with Crippen molar-refractivity contribution >= 4 is 5.97 Å². The SMILES string of the molecule is COC(=O)[C@@H](C)[C@H]1CCC2C3CCCC[C@@]4(O)CC[C@H](C)[C@]3(CC[C@@]21C)O4. The van der Waals surface area contributed by atoms with Crippen LogP contribution in [0.25, 0.3) is 0 Å². The minimum absolute atomic E-state index is 0.0331. The van der Waals surface area contributed by atoms with Gasteiger partial charge in [0.2, 0.25) is 0 Å². The number of methoxy groups -OCH3 is 1. The van der Waals surface area contributed by atoms with Gasteiger partial charge in [-0.2, -0.15) is 0 Å². The Bertz CT molecular complexity index is 587. The van der Waals surface area contributed by atoms with Crippen LogP contribution in [-0.4, -0.2) is 29.6 Å². The fraction of sp³-hybridized carbons (Fsp3) is 0.957. The van der Waals surface area contributed by atoms with Crippen LogP contribution in [-0.2, 0) is 14.3 Å². The van der Waals surface area contributed by atoms with Crippen LogP contribution in [0.3, 0.4) is 0 Å². The molecule has 2 bridgehead atoms. The zero-order chi connectivity index (χ0) is 19.4. The lowest BCUT2D eigenvalue weighted by atomic mass is 9.51. The van der Waals surface area contributed by atoms with E-state index in [0.717, 1.165) is 44.9 Å². The number of aliphatic hydroxyl groups is 1. The van der Waals surface area contributed by atoms with Gasteiger partial charge in [0.1, 0.15) is 0 Å². The van der Waals surface area contributed by atoms with Crippen molar-refractivity contribution in [1.82, 2.24) is 0 Å². The smallest absolute Gasteiger partial charge is 0.308 e. The number of fused-ring (bicyclic) bond motifs is 3. The van der Waals surface area contributed by atoms with Crippen molar-refractivity contribution in [3.8, 4) is 0 Å². The molecule has 0 aromatic carbocycles. The fourth-order valence-electron chi connectivity index (χ4n) is 7.80. The number of carbonyl (C=O) groups excluding carboxylic acids is 1. The van der Waals surface area contributed by atoms with Gasteiger partial charge in [-0.25, -0.2) is 0 Å². The Morgan fingerprint density at radius 1 is 1.07 bits per heavy atom. The first-order valence-electron chi connectivity index (χ1n) is 11.3. The monoisotopic (exact) mass is 378 g/mol. The molecule has 4 rings (SSSR count). The third-order valence-electron chi connectivity index (χ3n) is 9.34. The maximum absolute atomic E-state index is 12.3. The summed E-state index contributed by atoms with van der Waals surface area (Å²) in [7, 11) is 1.51. The molecular weight excluding hydrogens is 340 g/mol. The molecule has 4 fully saturated rings. The lowest BCUT2D eigenvalue weighted by Gasteiger charge is -2.62. The summed E-state index contributed by atoms with van der Waals surface area (Å²) in [4.78, 5) is 12.3. The predicted octanol–water partition coefficient (Wildman–Crippen LogP) is 4.69. The molecule has 1 spiro atoms. The second kappa shape index (κ2) is 6.73. The Balaban J connectivity index is 1.67. The minimum atomic E-state index is -0.907. The van der Waals surface area contributed by atoms with Gasteiger partial charge in [-0.15, -0.1) is 0 Å². The summed E-state index contributed by atoms with van der Waals surface area (Å²) in [5.74, 6) is 0.999. The van der Waals surface area contributed by atoms with Crippen molar-refractivity contribution in [2.24, 2.45) is 35.0 Å². The number of hydrogen-bond acceptors (Lipinski definition) is 4.